The van der Waals surface area contributed by atoms with E-state index in [0.717, 1.165) is 12.0 Å². The first kappa shape index (κ1) is 12.4. The van der Waals surface area contributed by atoms with Gasteiger partial charge >= 0.3 is 0 Å². The topological polar surface area (TPSA) is 53.2 Å². The summed E-state index contributed by atoms with van der Waals surface area (Å²) in [6.07, 6.45) is 0.800. The van der Waals surface area contributed by atoms with Gasteiger partial charge in [-0.25, -0.2) is 5.43 Å². The Morgan fingerprint density at radius 1 is 1.47 bits per heavy atom. The van der Waals surface area contributed by atoms with Gasteiger partial charge in [0.1, 0.15) is 6.04 Å². The molecule has 17 heavy (non-hydrogen) atoms. The molecular formula is C12H16ClN3O. The average molecular weight is 254 g/mol. The SMILES string of the molecule is CC1CC(C(=O)NCc2ccccc2Cl)NN1. The Morgan fingerprint density at radius 3 is 2.88 bits per heavy atom. The number of benzene rings is 1. The van der Waals surface area contributed by atoms with Gasteiger partial charge in [0, 0.05) is 17.6 Å². The van der Waals surface area contributed by atoms with E-state index in [1.165, 1.54) is 0 Å². The Kier molecular flexibility index (Phi) is 3.99. The lowest BCUT2D eigenvalue weighted by molar-refractivity contribution is -0.123. The predicted molar refractivity (Wildman–Crippen MR) is 67.4 cm³/mol. The van der Waals surface area contributed by atoms with Gasteiger partial charge in [0.25, 0.3) is 0 Å². The Morgan fingerprint density at radius 2 is 2.24 bits per heavy atom. The fourth-order valence-corrected chi connectivity index (χ4v) is 2.04. The zero-order valence-corrected chi connectivity index (χ0v) is 10.4. The molecule has 2 unspecified atom stereocenters. The molecule has 2 atom stereocenters. The van der Waals surface area contributed by atoms with E-state index in [1.54, 1.807) is 0 Å². The summed E-state index contributed by atoms with van der Waals surface area (Å²) in [5, 5.41) is 3.56. The second kappa shape index (κ2) is 5.49. The number of nitrogens with one attached hydrogen (secondary N) is 3. The summed E-state index contributed by atoms with van der Waals surface area (Å²) in [7, 11) is 0. The maximum atomic E-state index is 11.8. The lowest BCUT2D eigenvalue weighted by Gasteiger charge is -2.11. The Labute approximate surface area is 106 Å². The van der Waals surface area contributed by atoms with Gasteiger partial charge in [0.05, 0.1) is 0 Å². The largest absolute Gasteiger partial charge is 0.351 e. The van der Waals surface area contributed by atoms with E-state index < -0.39 is 0 Å². The predicted octanol–water partition coefficient (Wildman–Crippen LogP) is 1.21. The molecule has 0 aliphatic carbocycles. The highest BCUT2D eigenvalue weighted by Crippen LogP contribution is 2.14. The van der Waals surface area contributed by atoms with Gasteiger partial charge in [-0.05, 0) is 25.0 Å². The van der Waals surface area contributed by atoms with Gasteiger partial charge < -0.3 is 5.32 Å². The molecule has 0 radical (unpaired) electrons. The Hall–Kier alpha value is -1.10. The number of hydrazine groups is 1. The molecule has 0 bridgehead atoms. The molecule has 1 aliphatic rings. The van der Waals surface area contributed by atoms with Gasteiger partial charge in [-0.1, -0.05) is 29.8 Å². The van der Waals surface area contributed by atoms with Crippen LogP contribution < -0.4 is 16.2 Å². The zero-order valence-electron chi connectivity index (χ0n) is 9.66. The first-order valence-electron chi connectivity index (χ1n) is 5.69. The van der Waals surface area contributed by atoms with Crippen LogP contribution in [0.3, 0.4) is 0 Å². The quantitative estimate of drug-likeness (QED) is 0.759. The second-order valence-corrected chi connectivity index (χ2v) is 4.69. The number of carbonyl (C=O) groups is 1. The summed E-state index contributed by atoms with van der Waals surface area (Å²) in [5.74, 6) is 0.00164. The lowest BCUT2D eigenvalue weighted by atomic mass is 10.1. The smallest absolute Gasteiger partial charge is 0.238 e. The first-order chi connectivity index (χ1) is 8.16. The van der Waals surface area contributed by atoms with Crippen molar-refractivity contribution in [3.63, 3.8) is 0 Å². The minimum atomic E-state index is -0.160. The molecule has 1 heterocycles. The molecule has 0 spiro atoms. The molecule has 0 aromatic heterocycles. The van der Waals surface area contributed by atoms with Gasteiger partial charge in [0.15, 0.2) is 0 Å². The highest BCUT2D eigenvalue weighted by molar-refractivity contribution is 6.31. The molecule has 4 nitrogen and oxygen atoms in total. The average Bonchev–Trinajstić information content (AvgIpc) is 2.74. The van der Waals surface area contributed by atoms with Crippen LogP contribution in [-0.4, -0.2) is 18.0 Å². The van der Waals surface area contributed by atoms with E-state index in [0.29, 0.717) is 17.6 Å². The monoisotopic (exact) mass is 253 g/mol. The zero-order chi connectivity index (χ0) is 12.3. The van der Waals surface area contributed by atoms with E-state index in [4.69, 9.17) is 11.6 Å². The molecule has 5 heteroatoms. The normalized spacial score (nSPS) is 23.6. The summed E-state index contributed by atoms with van der Waals surface area (Å²) in [4.78, 5) is 11.8. The summed E-state index contributed by atoms with van der Waals surface area (Å²) in [6.45, 7) is 2.50. The molecule has 1 fully saturated rings. The molecule has 1 aromatic rings. The maximum absolute atomic E-state index is 11.8. The Balaban J connectivity index is 1.86. The van der Waals surface area contributed by atoms with Gasteiger partial charge in [0.2, 0.25) is 5.91 Å². The van der Waals surface area contributed by atoms with E-state index in [9.17, 15) is 4.79 Å². The Bertz CT molecular complexity index is 410. The van der Waals surface area contributed by atoms with Gasteiger partial charge in [-0.2, -0.15) is 0 Å². The number of halogens is 1. The third kappa shape index (κ3) is 3.19. The van der Waals surface area contributed by atoms with Crippen molar-refractivity contribution in [2.45, 2.75) is 32.0 Å². The number of rotatable bonds is 3. The van der Waals surface area contributed by atoms with Crippen LogP contribution >= 0.6 is 11.6 Å². The molecule has 1 amide bonds. The molecule has 1 aromatic carbocycles. The first-order valence-corrected chi connectivity index (χ1v) is 6.07. The van der Waals surface area contributed by atoms with Crippen LogP contribution in [0.25, 0.3) is 0 Å². The van der Waals surface area contributed by atoms with Crippen LogP contribution in [0.1, 0.15) is 18.9 Å². The minimum absolute atomic E-state index is 0.00164. The standard InChI is InChI=1S/C12H16ClN3O/c1-8-6-11(16-15-8)12(17)14-7-9-4-2-3-5-10(9)13/h2-5,8,11,15-16H,6-7H2,1H3,(H,14,17). The maximum Gasteiger partial charge on any atom is 0.238 e. The molecule has 0 saturated carbocycles. The molecule has 1 aliphatic heterocycles. The van der Waals surface area contributed by atoms with E-state index in [1.807, 2.05) is 31.2 Å². The number of hydrogen-bond acceptors (Lipinski definition) is 3. The van der Waals surface area contributed by atoms with Crippen molar-refractivity contribution in [2.75, 3.05) is 0 Å². The van der Waals surface area contributed by atoms with E-state index >= 15 is 0 Å². The van der Waals surface area contributed by atoms with Gasteiger partial charge in [-0.3, -0.25) is 10.2 Å². The highest BCUT2D eigenvalue weighted by atomic mass is 35.5. The van der Waals surface area contributed by atoms with Crippen molar-refractivity contribution in [3.8, 4) is 0 Å². The molecule has 2 rings (SSSR count). The molecule has 1 saturated heterocycles. The van der Waals surface area contributed by atoms with E-state index in [2.05, 4.69) is 16.2 Å². The fraction of sp³-hybridized carbons (Fsp3) is 0.417. The molecule has 3 N–H and O–H groups in total. The van der Waals surface area contributed by atoms with Crippen LogP contribution in [0.2, 0.25) is 5.02 Å². The minimum Gasteiger partial charge on any atom is -0.351 e. The van der Waals surface area contributed by atoms with Crippen molar-refractivity contribution in [2.24, 2.45) is 0 Å². The van der Waals surface area contributed by atoms with Crippen molar-refractivity contribution in [1.82, 2.24) is 16.2 Å². The van der Waals surface area contributed by atoms with Crippen LogP contribution in [0.15, 0.2) is 24.3 Å². The van der Waals surface area contributed by atoms with Crippen LogP contribution in [0, 0.1) is 0 Å². The second-order valence-electron chi connectivity index (χ2n) is 4.29. The third-order valence-electron chi connectivity index (χ3n) is 2.82. The highest BCUT2D eigenvalue weighted by Gasteiger charge is 2.26. The van der Waals surface area contributed by atoms with Crippen molar-refractivity contribution < 1.29 is 4.79 Å². The summed E-state index contributed by atoms with van der Waals surface area (Å²) in [6, 6.07) is 7.67. The summed E-state index contributed by atoms with van der Waals surface area (Å²) in [5.41, 5.74) is 6.92. The summed E-state index contributed by atoms with van der Waals surface area (Å²) >= 11 is 6.01. The van der Waals surface area contributed by atoms with Crippen molar-refractivity contribution in [1.29, 1.82) is 0 Å². The summed E-state index contributed by atoms with van der Waals surface area (Å²) < 4.78 is 0. The lowest BCUT2D eigenvalue weighted by Crippen LogP contribution is -2.43. The molecule has 92 valence electrons. The van der Waals surface area contributed by atoms with Gasteiger partial charge in [-0.15, -0.1) is 0 Å². The number of amides is 1. The van der Waals surface area contributed by atoms with Crippen LogP contribution in [-0.2, 0) is 11.3 Å². The van der Waals surface area contributed by atoms with Crippen LogP contribution in [0.5, 0.6) is 0 Å². The number of hydrogen-bond donors (Lipinski definition) is 3. The van der Waals surface area contributed by atoms with Crippen molar-refractivity contribution >= 4 is 17.5 Å². The van der Waals surface area contributed by atoms with Crippen molar-refractivity contribution in [3.05, 3.63) is 34.9 Å². The number of carbonyl (C=O) groups excluding carboxylic acids is 1. The van der Waals surface area contributed by atoms with Crippen LogP contribution in [0.4, 0.5) is 0 Å². The third-order valence-corrected chi connectivity index (χ3v) is 3.19. The van der Waals surface area contributed by atoms with E-state index in [-0.39, 0.29) is 11.9 Å². The fourth-order valence-electron chi connectivity index (χ4n) is 1.83. The molecular weight excluding hydrogens is 238 g/mol.